The highest BCUT2D eigenvalue weighted by atomic mass is 79.9. The van der Waals surface area contributed by atoms with Crippen molar-refractivity contribution in [2.75, 3.05) is 6.54 Å². The molecule has 6 nitrogen and oxygen atoms in total. The lowest BCUT2D eigenvalue weighted by Crippen LogP contribution is -2.47. The first-order valence-corrected chi connectivity index (χ1v) is 9.41. The van der Waals surface area contributed by atoms with Gasteiger partial charge in [0.25, 0.3) is 0 Å². The van der Waals surface area contributed by atoms with E-state index in [1.54, 1.807) is 20.8 Å². The molecule has 0 spiro atoms. The third kappa shape index (κ3) is 5.71. The van der Waals surface area contributed by atoms with E-state index in [9.17, 15) is 14.7 Å². The molecule has 0 aromatic heterocycles. The summed E-state index contributed by atoms with van der Waals surface area (Å²) in [5, 5.41) is 13.5. The van der Waals surface area contributed by atoms with Gasteiger partial charge in [0.2, 0.25) is 5.91 Å². The number of nitrogens with zero attached hydrogens (tertiary/aromatic N) is 1. The Bertz CT molecular complexity index is 612. The van der Waals surface area contributed by atoms with Gasteiger partial charge >= 0.3 is 6.09 Å². The molecule has 2 amide bonds. The van der Waals surface area contributed by atoms with Crippen molar-refractivity contribution in [2.45, 2.75) is 56.8 Å². The largest absolute Gasteiger partial charge is 0.444 e. The molecule has 2 rings (SSSR count). The lowest BCUT2D eigenvalue weighted by Gasteiger charge is -2.27. The van der Waals surface area contributed by atoms with Crippen molar-refractivity contribution in [2.24, 2.45) is 0 Å². The third-order valence-electron chi connectivity index (χ3n) is 3.85. The van der Waals surface area contributed by atoms with Crippen LogP contribution in [0.1, 0.15) is 38.3 Å². The molecular weight excluding hydrogens is 388 g/mol. The third-order valence-corrected chi connectivity index (χ3v) is 4.50. The van der Waals surface area contributed by atoms with Crippen molar-refractivity contribution >= 4 is 27.9 Å². The number of alkyl halides is 1. The standard InChI is InChI=1S/C18H25BrN2O4/c1-18(2,3)25-17(24)21-11-14(22)8-15(21)16(23)20-10-13-6-4-12(9-19)5-7-13/h4-7,14-15,22H,8-11H2,1-3H3,(H,20,23). The van der Waals surface area contributed by atoms with Crippen LogP contribution in [0.15, 0.2) is 24.3 Å². The number of nitrogens with one attached hydrogen (secondary N) is 1. The maximum Gasteiger partial charge on any atom is 0.411 e. The molecule has 0 saturated carbocycles. The van der Waals surface area contributed by atoms with E-state index in [-0.39, 0.29) is 18.9 Å². The second-order valence-corrected chi connectivity index (χ2v) is 7.77. The van der Waals surface area contributed by atoms with Crippen molar-refractivity contribution in [3.63, 3.8) is 0 Å². The van der Waals surface area contributed by atoms with Gasteiger partial charge in [-0.15, -0.1) is 0 Å². The first kappa shape index (κ1) is 19.7. The topological polar surface area (TPSA) is 78.9 Å². The molecule has 1 aromatic rings. The van der Waals surface area contributed by atoms with Crippen molar-refractivity contribution in [3.8, 4) is 0 Å². The number of aliphatic hydroxyl groups excluding tert-OH is 1. The summed E-state index contributed by atoms with van der Waals surface area (Å²) < 4.78 is 5.33. The molecule has 1 heterocycles. The molecule has 0 bridgehead atoms. The lowest BCUT2D eigenvalue weighted by atomic mass is 10.1. The van der Waals surface area contributed by atoms with E-state index in [1.165, 1.54) is 4.90 Å². The number of hydrogen-bond donors (Lipinski definition) is 2. The number of likely N-dealkylation sites (tertiary alicyclic amines) is 1. The van der Waals surface area contributed by atoms with Crippen molar-refractivity contribution in [3.05, 3.63) is 35.4 Å². The fourth-order valence-electron chi connectivity index (χ4n) is 2.64. The fourth-order valence-corrected chi connectivity index (χ4v) is 3.01. The molecule has 2 unspecified atom stereocenters. The summed E-state index contributed by atoms with van der Waals surface area (Å²) in [6.07, 6.45) is -1.08. The highest BCUT2D eigenvalue weighted by Gasteiger charge is 2.40. The van der Waals surface area contributed by atoms with Gasteiger partial charge < -0.3 is 15.2 Å². The Morgan fingerprint density at radius 1 is 1.28 bits per heavy atom. The molecule has 2 atom stereocenters. The number of rotatable bonds is 4. The summed E-state index contributed by atoms with van der Waals surface area (Å²) >= 11 is 3.39. The maximum atomic E-state index is 12.5. The summed E-state index contributed by atoms with van der Waals surface area (Å²) in [5.74, 6) is -0.285. The number of carbonyl (C=O) groups is 2. The summed E-state index contributed by atoms with van der Waals surface area (Å²) in [6, 6.07) is 7.16. The Morgan fingerprint density at radius 3 is 2.44 bits per heavy atom. The summed E-state index contributed by atoms with van der Waals surface area (Å²) in [7, 11) is 0. The van der Waals surface area contributed by atoms with Gasteiger partial charge in [-0.1, -0.05) is 40.2 Å². The summed E-state index contributed by atoms with van der Waals surface area (Å²) in [4.78, 5) is 26.1. The van der Waals surface area contributed by atoms with E-state index < -0.39 is 23.8 Å². The van der Waals surface area contributed by atoms with Crippen LogP contribution in [-0.2, 0) is 21.4 Å². The van der Waals surface area contributed by atoms with E-state index >= 15 is 0 Å². The predicted molar refractivity (Wildman–Crippen MR) is 98.3 cm³/mol. The van der Waals surface area contributed by atoms with Crippen molar-refractivity contribution < 1.29 is 19.4 Å². The zero-order valence-corrected chi connectivity index (χ0v) is 16.4. The van der Waals surface area contributed by atoms with Crippen LogP contribution in [-0.4, -0.2) is 46.3 Å². The molecule has 7 heteroatoms. The van der Waals surface area contributed by atoms with Gasteiger partial charge in [-0.25, -0.2) is 4.79 Å². The van der Waals surface area contributed by atoms with Gasteiger partial charge in [-0.2, -0.15) is 0 Å². The molecule has 138 valence electrons. The number of aliphatic hydroxyl groups is 1. The fraction of sp³-hybridized carbons (Fsp3) is 0.556. The van der Waals surface area contributed by atoms with E-state index in [2.05, 4.69) is 21.2 Å². The molecule has 0 radical (unpaired) electrons. The first-order chi connectivity index (χ1) is 11.7. The second kappa shape index (κ2) is 8.19. The van der Waals surface area contributed by atoms with Crippen LogP contribution in [0.4, 0.5) is 4.79 Å². The van der Waals surface area contributed by atoms with E-state index in [0.29, 0.717) is 6.54 Å². The SMILES string of the molecule is CC(C)(C)OC(=O)N1CC(O)CC1C(=O)NCc1ccc(CBr)cc1. The van der Waals surface area contributed by atoms with Crippen LogP contribution in [0.3, 0.4) is 0 Å². The molecule has 1 aromatic carbocycles. The number of hydrogen-bond acceptors (Lipinski definition) is 4. The van der Waals surface area contributed by atoms with Crippen LogP contribution >= 0.6 is 15.9 Å². The number of β-amino-alcohol motifs (C(OH)–C–C–N with tert-alkyl or cyclic N) is 1. The Kier molecular flexibility index (Phi) is 6.46. The van der Waals surface area contributed by atoms with E-state index in [4.69, 9.17) is 4.74 Å². The molecule has 2 N–H and O–H groups in total. The highest BCUT2D eigenvalue weighted by Crippen LogP contribution is 2.21. The van der Waals surface area contributed by atoms with Crippen LogP contribution in [0.2, 0.25) is 0 Å². The van der Waals surface area contributed by atoms with Crippen LogP contribution in [0.5, 0.6) is 0 Å². The maximum absolute atomic E-state index is 12.5. The zero-order chi connectivity index (χ0) is 18.6. The number of benzene rings is 1. The van der Waals surface area contributed by atoms with Crippen LogP contribution in [0, 0.1) is 0 Å². The summed E-state index contributed by atoms with van der Waals surface area (Å²) in [5.41, 5.74) is 1.48. The second-order valence-electron chi connectivity index (χ2n) is 7.21. The summed E-state index contributed by atoms with van der Waals surface area (Å²) in [6.45, 7) is 5.78. The Labute approximate surface area is 156 Å². The van der Waals surface area contributed by atoms with Crippen LogP contribution < -0.4 is 5.32 Å². The smallest absolute Gasteiger partial charge is 0.411 e. The highest BCUT2D eigenvalue weighted by molar-refractivity contribution is 9.08. The number of ether oxygens (including phenoxy) is 1. The monoisotopic (exact) mass is 412 g/mol. The number of halogens is 1. The van der Waals surface area contributed by atoms with Gasteiger partial charge in [0.1, 0.15) is 11.6 Å². The van der Waals surface area contributed by atoms with Gasteiger partial charge in [0, 0.05) is 18.3 Å². The lowest BCUT2D eigenvalue weighted by molar-refractivity contribution is -0.125. The first-order valence-electron chi connectivity index (χ1n) is 8.29. The normalized spacial score (nSPS) is 20.4. The van der Waals surface area contributed by atoms with Gasteiger partial charge in [0.05, 0.1) is 12.6 Å². The molecule has 0 aliphatic carbocycles. The van der Waals surface area contributed by atoms with Crippen molar-refractivity contribution in [1.29, 1.82) is 0 Å². The molecule has 1 fully saturated rings. The molecule has 1 aliphatic rings. The predicted octanol–water partition coefficient (Wildman–Crippen LogP) is 2.57. The minimum Gasteiger partial charge on any atom is -0.444 e. The van der Waals surface area contributed by atoms with Crippen molar-refractivity contribution in [1.82, 2.24) is 10.2 Å². The number of amides is 2. The average Bonchev–Trinajstić information content (AvgIpc) is 2.93. The van der Waals surface area contributed by atoms with Gasteiger partial charge in [0.15, 0.2) is 0 Å². The van der Waals surface area contributed by atoms with Gasteiger partial charge in [-0.05, 0) is 31.9 Å². The van der Waals surface area contributed by atoms with E-state index in [1.807, 2.05) is 24.3 Å². The van der Waals surface area contributed by atoms with E-state index in [0.717, 1.165) is 16.5 Å². The zero-order valence-electron chi connectivity index (χ0n) is 14.8. The average molecular weight is 413 g/mol. The molecule has 1 aliphatic heterocycles. The minimum absolute atomic E-state index is 0.104. The molecule has 25 heavy (non-hydrogen) atoms. The molecular formula is C18H25BrN2O4. The number of carbonyl (C=O) groups excluding carboxylic acids is 2. The minimum atomic E-state index is -0.721. The van der Waals surface area contributed by atoms with Gasteiger partial charge in [-0.3, -0.25) is 9.69 Å². The Morgan fingerprint density at radius 2 is 1.88 bits per heavy atom. The Balaban J connectivity index is 1.96. The molecule has 1 saturated heterocycles. The van der Waals surface area contributed by atoms with Crippen LogP contribution in [0.25, 0.3) is 0 Å². The quantitative estimate of drug-likeness (QED) is 0.744. The Hall–Kier alpha value is -1.60.